The lowest BCUT2D eigenvalue weighted by Crippen LogP contribution is -2.36. The summed E-state index contributed by atoms with van der Waals surface area (Å²) in [5, 5.41) is 10.5. The van der Waals surface area contributed by atoms with Gasteiger partial charge in [0.25, 0.3) is 10.0 Å². The topological polar surface area (TPSA) is 102 Å². The molecule has 7 nitrogen and oxygen atoms in total. The van der Waals surface area contributed by atoms with Crippen LogP contribution in [0.3, 0.4) is 0 Å². The van der Waals surface area contributed by atoms with Crippen molar-refractivity contribution >= 4 is 21.7 Å². The third kappa shape index (κ3) is 5.65. The highest BCUT2D eigenvalue weighted by Gasteiger charge is 2.32. The fourth-order valence-electron chi connectivity index (χ4n) is 2.83. The van der Waals surface area contributed by atoms with Crippen molar-refractivity contribution in [3.05, 3.63) is 60.2 Å². The van der Waals surface area contributed by atoms with Crippen molar-refractivity contribution in [2.75, 3.05) is 13.7 Å². The lowest BCUT2D eigenvalue weighted by molar-refractivity contribution is -0.154. The number of hydrogen-bond acceptors (Lipinski definition) is 6. The van der Waals surface area contributed by atoms with E-state index in [1.54, 1.807) is 44.2 Å². The Balaban J connectivity index is 2.55. The highest BCUT2D eigenvalue weighted by atomic mass is 32.2. The summed E-state index contributed by atoms with van der Waals surface area (Å²) in [6, 6.07) is 14.4. The summed E-state index contributed by atoms with van der Waals surface area (Å²) in [7, 11) is -2.61. The van der Waals surface area contributed by atoms with E-state index in [2.05, 4.69) is 4.40 Å². The second-order valence-electron chi connectivity index (χ2n) is 6.20. The van der Waals surface area contributed by atoms with E-state index >= 15 is 0 Å². The molecule has 0 heterocycles. The third-order valence-electron chi connectivity index (χ3n) is 4.35. The summed E-state index contributed by atoms with van der Waals surface area (Å²) in [4.78, 5) is 12.1. The molecule has 1 N–H and O–H groups in total. The van der Waals surface area contributed by atoms with Crippen LogP contribution in [0.25, 0.3) is 0 Å². The number of ether oxygens (including phenoxy) is 2. The summed E-state index contributed by atoms with van der Waals surface area (Å²) >= 11 is 0. The molecule has 0 aliphatic carbocycles. The molecule has 0 aliphatic rings. The standard InChI is InChI=1S/C21H25NO6S/c1-4-18(20(23)21(24)28-5-2)19(15-9-7-6-8-10-15)22-29(25,26)17-13-11-16(27-3)12-14-17/h6-14,18,20,23H,4-5H2,1-3H3/b22-19+/t18-,20+/m1/s1. The number of carbonyl (C=O) groups excluding carboxylic acids is 1. The number of aliphatic hydroxyl groups is 1. The molecule has 0 saturated heterocycles. The number of aliphatic hydroxyl groups excluding tert-OH is 1. The Kier molecular flexibility index (Phi) is 7.92. The Morgan fingerprint density at radius 1 is 1.07 bits per heavy atom. The maximum absolute atomic E-state index is 12.9. The van der Waals surface area contributed by atoms with E-state index < -0.39 is 28.0 Å². The first-order chi connectivity index (χ1) is 13.8. The molecule has 156 valence electrons. The molecule has 0 aromatic heterocycles. The molecule has 8 heteroatoms. The fourth-order valence-corrected chi connectivity index (χ4v) is 3.92. The minimum Gasteiger partial charge on any atom is -0.497 e. The maximum atomic E-state index is 12.9. The van der Waals surface area contributed by atoms with Crippen LogP contribution in [-0.4, -0.2) is 45.0 Å². The zero-order valence-corrected chi connectivity index (χ0v) is 17.4. The van der Waals surface area contributed by atoms with Crippen molar-refractivity contribution in [2.24, 2.45) is 10.3 Å². The number of esters is 1. The van der Waals surface area contributed by atoms with Crippen LogP contribution in [0.2, 0.25) is 0 Å². The fraction of sp³-hybridized carbons (Fsp3) is 0.333. The number of benzene rings is 2. The molecular weight excluding hydrogens is 394 g/mol. The van der Waals surface area contributed by atoms with Gasteiger partial charge in [0.2, 0.25) is 0 Å². The van der Waals surface area contributed by atoms with Gasteiger partial charge in [-0.2, -0.15) is 12.8 Å². The van der Waals surface area contributed by atoms with Crippen LogP contribution < -0.4 is 4.74 Å². The first-order valence-corrected chi connectivity index (χ1v) is 10.7. The van der Waals surface area contributed by atoms with Gasteiger partial charge >= 0.3 is 5.97 Å². The van der Waals surface area contributed by atoms with Crippen LogP contribution >= 0.6 is 0 Å². The van der Waals surface area contributed by atoms with Crippen molar-refractivity contribution < 1.29 is 27.8 Å². The normalized spacial score (nSPS) is 14.1. The van der Waals surface area contributed by atoms with E-state index in [1.807, 2.05) is 0 Å². The predicted molar refractivity (Wildman–Crippen MR) is 110 cm³/mol. The van der Waals surface area contributed by atoms with E-state index in [-0.39, 0.29) is 23.6 Å². The average molecular weight is 419 g/mol. The first kappa shape index (κ1) is 22.6. The largest absolute Gasteiger partial charge is 0.497 e. The molecule has 29 heavy (non-hydrogen) atoms. The Bertz CT molecular complexity index is 939. The van der Waals surface area contributed by atoms with Crippen LogP contribution in [0, 0.1) is 5.92 Å². The lowest BCUT2D eigenvalue weighted by atomic mass is 9.89. The van der Waals surface area contributed by atoms with E-state index in [4.69, 9.17) is 9.47 Å². The average Bonchev–Trinajstić information content (AvgIpc) is 2.74. The molecule has 2 rings (SSSR count). The number of sulfonamides is 1. The van der Waals surface area contributed by atoms with E-state index in [1.165, 1.54) is 31.4 Å². The number of methoxy groups -OCH3 is 1. The van der Waals surface area contributed by atoms with Gasteiger partial charge in [-0.25, -0.2) is 4.79 Å². The van der Waals surface area contributed by atoms with Gasteiger partial charge in [0, 0.05) is 5.92 Å². The molecule has 0 unspecified atom stereocenters. The zero-order valence-electron chi connectivity index (χ0n) is 16.6. The molecule has 0 aliphatic heterocycles. The maximum Gasteiger partial charge on any atom is 0.335 e. The van der Waals surface area contributed by atoms with Crippen LogP contribution in [0.15, 0.2) is 63.9 Å². The van der Waals surface area contributed by atoms with Gasteiger partial charge in [0.05, 0.1) is 24.3 Å². The van der Waals surface area contributed by atoms with E-state index in [0.717, 1.165) is 0 Å². The highest BCUT2D eigenvalue weighted by molar-refractivity contribution is 7.90. The predicted octanol–water partition coefficient (Wildman–Crippen LogP) is 2.82. The highest BCUT2D eigenvalue weighted by Crippen LogP contribution is 2.23. The van der Waals surface area contributed by atoms with Gasteiger partial charge in [-0.05, 0) is 43.2 Å². The minimum absolute atomic E-state index is 0.0211. The molecule has 0 saturated carbocycles. The van der Waals surface area contributed by atoms with Crippen molar-refractivity contribution in [2.45, 2.75) is 31.3 Å². The van der Waals surface area contributed by atoms with Crippen LogP contribution in [0.1, 0.15) is 25.8 Å². The Morgan fingerprint density at radius 2 is 1.69 bits per heavy atom. The molecular formula is C21H25NO6S. The van der Waals surface area contributed by atoms with Crippen molar-refractivity contribution in [3.8, 4) is 5.75 Å². The summed E-state index contributed by atoms with van der Waals surface area (Å²) in [6.45, 7) is 3.48. The van der Waals surface area contributed by atoms with Crippen molar-refractivity contribution in [3.63, 3.8) is 0 Å². The Labute approximate surface area is 171 Å². The van der Waals surface area contributed by atoms with Gasteiger partial charge in [-0.15, -0.1) is 0 Å². The first-order valence-electron chi connectivity index (χ1n) is 9.23. The van der Waals surface area contributed by atoms with E-state index in [9.17, 15) is 18.3 Å². The molecule has 2 aromatic rings. The second kappa shape index (κ2) is 10.2. The zero-order chi connectivity index (χ0) is 21.4. The van der Waals surface area contributed by atoms with Gasteiger partial charge in [0.1, 0.15) is 5.75 Å². The molecule has 0 amide bonds. The summed E-state index contributed by atoms with van der Waals surface area (Å²) in [5.41, 5.74) is 0.601. The minimum atomic E-state index is -4.09. The lowest BCUT2D eigenvalue weighted by Gasteiger charge is -2.22. The SMILES string of the molecule is CCOC(=O)[C@@H](O)[C@H](CC)/C(=N/S(=O)(=O)c1ccc(OC)cc1)c1ccccc1. The smallest absolute Gasteiger partial charge is 0.335 e. The third-order valence-corrected chi connectivity index (χ3v) is 5.65. The van der Waals surface area contributed by atoms with Crippen LogP contribution in [-0.2, 0) is 19.6 Å². The Morgan fingerprint density at radius 3 is 2.21 bits per heavy atom. The Hall–Kier alpha value is -2.71. The molecule has 0 fully saturated rings. The molecule has 2 aromatic carbocycles. The molecule has 2 atom stereocenters. The second-order valence-corrected chi connectivity index (χ2v) is 7.81. The van der Waals surface area contributed by atoms with Gasteiger partial charge in [0.15, 0.2) is 6.10 Å². The number of hydrogen-bond donors (Lipinski definition) is 1. The van der Waals surface area contributed by atoms with E-state index in [0.29, 0.717) is 11.3 Å². The number of carbonyl (C=O) groups is 1. The summed E-state index contributed by atoms with van der Waals surface area (Å²) < 4.78 is 39.8. The quantitative estimate of drug-likeness (QED) is 0.495. The van der Waals surface area contributed by atoms with Gasteiger partial charge in [-0.1, -0.05) is 37.3 Å². The van der Waals surface area contributed by atoms with Gasteiger partial charge in [-0.3, -0.25) is 0 Å². The van der Waals surface area contributed by atoms with Crippen molar-refractivity contribution in [1.82, 2.24) is 0 Å². The summed E-state index contributed by atoms with van der Waals surface area (Å²) in [6.07, 6.45) is -1.25. The molecule has 0 radical (unpaired) electrons. The van der Waals surface area contributed by atoms with Crippen LogP contribution in [0.4, 0.5) is 0 Å². The van der Waals surface area contributed by atoms with Crippen molar-refractivity contribution in [1.29, 1.82) is 0 Å². The monoisotopic (exact) mass is 419 g/mol. The molecule has 0 spiro atoms. The summed E-state index contributed by atoms with van der Waals surface area (Å²) in [5.74, 6) is -1.16. The molecule has 0 bridgehead atoms. The number of nitrogens with zero attached hydrogens (tertiary/aromatic N) is 1. The van der Waals surface area contributed by atoms with Gasteiger partial charge < -0.3 is 14.6 Å². The number of rotatable bonds is 9. The van der Waals surface area contributed by atoms with Crippen LogP contribution in [0.5, 0.6) is 5.75 Å².